The Morgan fingerprint density at radius 1 is 1.00 bits per heavy atom. The van der Waals surface area contributed by atoms with Gasteiger partial charge in [-0.3, -0.25) is 9.59 Å². The van der Waals surface area contributed by atoms with Crippen LogP contribution in [0.5, 0.6) is 0 Å². The number of hydrogen-bond donors (Lipinski definition) is 3. The summed E-state index contributed by atoms with van der Waals surface area (Å²) in [5, 5.41) is 36.5. The first-order chi connectivity index (χ1) is 22.1. The zero-order valence-corrected chi connectivity index (χ0v) is 31.5. The first-order valence-corrected chi connectivity index (χ1v) is 22.1. The van der Waals surface area contributed by atoms with Crippen LogP contribution in [0.3, 0.4) is 0 Å². The van der Waals surface area contributed by atoms with Crippen LogP contribution in [-0.2, 0) is 36.8 Å². The van der Waals surface area contributed by atoms with E-state index in [0.717, 1.165) is 0 Å². The summed E-state index contributed by atoms with van der Waals surface area (Å²) in [5.74, 6) is -3.42. The summed E-state index contributed by atoms with van der Waals surface area (Å²) in [6.45, 7) is 15.1. The summed E-state index contributed by atoms with van der Waals surface area (Å²) >= 11 is 0. The van der Waals surface area contributed by atoms with Crippen LogP contribution in [0.2, 0.25) is 26.2 Å². The van der Waals surface area contributed by atoms with Crippen molar-refractivity contribution >= 4 is 34.8 Å². The molecule has 1 saturated heterocycles. The molecule has 9 atom stereocenters. The third kappa shape index (κ3) is 6.49. The van der Waals surface area contributed by atoms with Gasteiger partial charge in [0.05, 0.1) is 35.7 Å². The molecule has 3 aliphatic carbocycles. The molecule has 0 spiro atoms. The van der Waals surface area contributed by atoms with Crippen molar-refractivity contribution in [1.29, 1.82) is 0 Å². The number of ketones is 1. The second-order valence-corrected chi connectivity index (χ2v) is 22.4. The Labute approximate surface area is 298 Å². The van der Waals surface area contributed by atoms with Crippen LogP contribution in [0.15, 0.2) is 41.5 Å². The minimum Gasteiger partial charge on any atom is -0.455 e. The molecule has 4 aliphatic rings. The average molecular weight is 739 g/mol. The van der Waals surface area contributed by atoms with E-state index < -0.39 is 93.3 Å². The van der Waals surface area contributed by atoms with Crippen molar-refractivity contribution < 1.29 is 56.9 Å². The summed E-state index contributed by atoms with van der Waals surface area (Å²) in [6.07, 6.45) is -6.66. The van der Waals surface area contributed by atoms with E-state index in [1.807, 2.05) is 26.2 Å². The molecule has 0 amide bonds. The van der Waals surface area contributed by atoms with Crippen molar-refractivity contribution in [2.75, 3.05) is 13.7 Å². The van der Waals surface area contributed by atoms with Crippen LogP contribution in [0, 0.1) is 16.7 Å². The van der Waals surface area contributed by atoms with E-state index in [2.05, 4.69) is 0 Å². The summed E-state index contributed by atoms with van der Waals surface area (Å²) in [4.78, 5) is 42.0. The fourth-order valence-electron chi connectivity index (χ4n) is 8.81. The van der Waals surface area contributed by atoms with Gasteiger partial charge < -0.3 is 42.5 Å². The number of fused-ring (bicyclic) bond motifs is 5. The van der Waals surface area contributed by atoms with Crippen molar-refractivity contribution in [3.8, 4) is 0 Å². The van der Waals surface area contributed by atoms with Crippen LogP contribution in [0.1, 0.15) is 72.7 Å². The van der Waals surface area contributed by atoms with Crippen molar-refractivity contribution in [2.24, 2.45) is 16.7 Å². The molecule has 5 rings (SSSR count). The number of hydrogen-bond acceptors (Lipinski definition) is 12. The lowest BCUT2D eigenvalue weighted by Crippen LogP contribution is -2.82. The van der Waals surface area contributed by atoms with E-state index in [0.29, 0.717) is 5.57 Å². The van der Waals surface area contributed by atoms with Crippen LogP contribution in [-0.4, -0.2) is 106 Å². The Morgan fingerprint density at radius 2 is 1.60 bits per heavy atom. The molecule has 1 aliphatic heterocycles. The van der Waals surface area contributed by atoms with Crippen molar-refractivity contribution in [3.05, 3.63) is 47.0 Å². The molecule has 3 fully saturated rings. The van der Waals surface area contributed by atoms with E-state index in [1.54, 1.807) is 65.1 Å². The first-order valence-electron chi connectivity index (χ1n) is 16.4. The largest absolute Gasteiger partial charge is 0.455 e. The molecule has 3 N–H and O–H groups in total. The molecule has 2 saturated carbocycles. The number of Topliss-reactive ketones (excluding diaryl/α,β-unsaturated/α-hetero) is 1. The molecule has 12 nitrogen and oxygen atoms in total. The monoisotopic (exact) mass is 738 g/mol. The fourth-order valence-corrected chi connectivity index (χ4v) is 15.1. The number of esters is 2. The number of rotatable bonds is 8. The predicted molar refractivity (Wildman–Crippen MR) is 191 cm³/mol. The maximum atomic E-state index is 15.2. The van der Waals surface area contributed by atoms with Gasteiger partial charge in [0, 0.05) is 32.3 Å². The molecule has 0 aromatic heterocycles. The van der Waals surface area contributed by atoms with Crippen LogP contribution in [0.25, 0.3) is 0 Å². The SMILES string of the molecule is C.C.CO[Si](C)(C)O[Si](C)(C)O[C@H]1C[C@H]2OC[C@@]2(OC(C)=O)C2[C@H](OC(=O)c3ccccc3)[C@]3(O)C[C@H](O)C(C)=C([C@@H](O)C(=O)[C@@]21C)C3(C)C. The third-order valence-corrected chi connectivity index (χ3v) is 17.1. The summed E-state index contributed by atoms with van der Waals surface area (Å²) < 4.78 is 37.5. The normalized spacial score (nSPS) is 36.2. The molecule has 50 heavy (non-hydrogen) atoms. The molecular formula is C36H58O12Si2. The molecule has 1 aromatic carbocycles. The number of benzene rings is 1. The number of carbonyl (C=O) groups excluding carboxylic acids is 3. The van der Waals surface area contributed by atoms with Gasteiger partial charge in [0.2, 0.25) is 0 Å². The van der Waals surface area contributed by atoms with Gasteiger partial charge in [0.15, 0.2) is 11.4 Å². The highest BCUT2D eigenvalue weighted by molar-refractivity contribution is 6.78. The highest BCUT2D eigenvalue weighted by atomic mass is 28.5. The number of carbonyl (C=O) groups is 3. The van der Waals surface area contributed by atoms with Gasteiger partial charge in [-0.15, -0.1) is 0 Å². The van der Waals surface area contributed by atoms with Gasteiger partial charge in [-0.05, 0) is 63.3 Å². The second-order valence-electron chi connectivity index (χ2n) is 15.4. The van der Waals surface area contributed by atoms with E-state index in [1.165, 1.54) is 6.92 Å². The molecule has 282 valence electrons. The Hall–Kier alpha value is -2.28. The smallest absolute Gasteiger partial charge is 0.338 e. The van der Waals surface area contributed by atoms with E-state index >= 15 is 4.79 Å². The van der Waals surface area contributed by atoms with Gasteiger partial charge in [0.25, 0.3) is 0 Å². The topological polar surface area (TPSA) is 167 Å². The molecular weight excluding hydrogens is 681 g/mol. The summed E-state index contributed by atoms with van der Waals surface area (Å²) in [6, 6.07) is 8.22. The van der Waals surface area contributed by atoms with E-state index in [9.17, 15) is 24.9 Å². The highest BCUT2D eigenvalue weighted by Gasteiger charge is 2.78. The Morgan fingerprint density at radius 3 is 2.12 bits per heavy atom. The Bertz CT molecular complexity index is 1490. The highest BCUT2D eigenvalue weighted by Crippen LogP contribution is 2.64. The third-order valence-electron chi connectivity index (χ3n) is 11.3. The minimum atomic E-state index is -3.12. The van der Waals surface area contributed by atoms with Gasteiger partial charge in [-0.25, -0.2) is 4.79 Å². The maximum absolute atomic E-state index is 15.2. The molecule has 1 unspecified atom stereocenters. The minimum absolute atomic E-state index is 0. The lowest BCUT2D eigenvalue weighted by molar-refractivity contribution is -0.345. The van der Waals surface area contributed by atoms with Gasteiger partial charge in [-0.2, -0.15) is 0 Å². The quantitative estimate of drug-likeness (QED) is 0.195. The lowest BCUT2D eigenvalue weighted by atomic mass is 9.44. The molecule has 14 heteroatoms. The van der Waals surface area contributed by atoms with Gasteiger partial charge >= 0.3 is 29.1 Å². The predicted octanol–water partition coefficient (Wildman–Crippen LogP) is 4.44. The first kappa shape index (κ1) is 42.1. The molecule has 1 heterocycles. The van der Waals surface area contributed by atoms with E-state index in [-0.39, 0.29) is 45.4 Å². The fraction of sp³-hybridized carbons (Fsp3) is 0.694. The van der Waals surface area contributed by atoms with E-state index in [4.69, 9.17) is 27.2 Å². The van der Waals surface area contributed by atoms with Crippen LogP contribution < -0.4 is 0 Å². The number of aliphatic hydroxyl groups is 3. The van der Waals surface area contributed by atoms with Crippen molar-refractivity contribution in [1.82, 2.24) is 0 Å². The number of aliphatic hydroxyl groups excluding tert-OH is 2. The number of ether oxygens (including phenoxy) is 3. The van der Waals surface area contributed by atoms with Crippen LogP contribution >= 0.6 is 0 Å². The summed E-state index contributed by atoms with van der Waals surface area (Å²) in [7, 11) is -4.21. The second kappa shape index (κ2) is 13.9. The lowest BCUT2D eigenvalue weighted by Gasteiger charge is -2.68. The zero-order chi connectivity index (χ0) is 35.8. The average Bonchev–Trinajstić information content (AvgIpc) is 2.98. The van der Waals surface area contributed by atoms with Crippen molar-refractivity contribution in [2.45, 2.75) is 130 Å². The maximum Gasteiger partial charge on any atom is 0.338 e. The van der Waals surface area contributed by atoms with Gasteiger partial charge in [-0.1, -0.05) is 46.9 Å². The molecule has 0 radical (unpaired) electrons. The molecule has 2 bridgehead atoms. The zero-order valence-electron chi connectivity index (χ0n) is 29.5. The summed E-state index contributed by atoms with van der Waals surface area (Å²) in [5.41, 5.74) is -6.12. The molecule has 1 aromatic rings. The van der Waals surface area contributed by atoms with Gasteiger partial charge in [0.1, 0.15) is 23.9 Å². The Balaban J connectivity index is 0.00000338. The van der Waals surface area contributed by atoms with Crippen molar-refractivity contribution in [3.63, 3.8) is 0 Å². The van der Waals surface area contributed by atoms with Crippen LogP contribution in [0.4, 0.5) is 0 Å². The standard InChI is InChI=1S/C34H50O12Si2.2CH4/c1-19-22(36)17-34(40)29(43-30(39)21-14-12-11-13-15-21)27-32(5,28(38)26(37)25(19)31(34,3)4)23(45-48(9,10)46-47(7,8)41-6)16-24-33(27,18-42-24)44-20(2)35;;/h11-15,22-24,26-27,29,36-37,40H,16-18H2,1-10H3;2*1H4/t22-,23-,24+,26+,27?,29-,32+,33-,34+;;/m0../s1. The Kier molecular flexibility index (Phi) is 11.7.